The predicted octanol–water partition coefficient (Wildman–Crippen LogP) is 2.82. The Labute approximate surface area is 222 Å². The van der Waals surface area contributed by atoms with E-state index in [1.54, 1.807) is 31.9 Å². The number of morpholine rings is 1. The van der Waals surface area contributed by atoms with E-state index in [4.69, 9.17) is 14.2 Å². The van der Waals surface area contributed by atoms with Crippen LogP contribution in [0.1, 0.15) is 43.0 Å². The summed E-state index contributed by atoms with van der Waals surface area (Å²) in [7, 11) is 1.60. The van der Waals surface area contributed by atoms with E-state index in [9.17, 15) is 4.79 Å². The fourth-order valence-electron chi connectivity index (χ4n) is 4.93. The molecular weight excluding hydrogens is 486 g/mol. The molecule has 2 aromatic heterocycles. The minimum Gasteiger partial charge on any atom is -0.488 e. The molecule has 1 aromatic carbocycles. The molecule has 2 fully saturated rings. The van der Waals surface area contributed by atoms with Gasteiger partial charge in [-0.2, -0.15) is 0 Å². The van der Waals surface area contributed by atoms with Crippen LogP contribution in [-0.4, -0.2) is 84.1 Å². The highest BCUT2D eigenvalue weighted by Gasteiger charge is 2.25. The van der Waals surface area contributed by atoms with E-state index in [0.717, 1.165) is 74.5 Å². The number of fused-ring (bicyclic) bond motifs is 1. The highest BCUT2D eigenvalue weighted by molar-refractivity contribution is 5.93. The maximum Gasteiger partial charge on any atom is 0.254 e. The Morgan fingerprint density at radius 2 is 1.82 bits per heavy atom. The summed E-state index contributed by atoms with van der Waals surface area (Å²) in [4.78, 5) is 32.4. The molecule has 38 heavy (non-hydrogen) atoms. The second kappa shape index (κ2) is 12.3. The van der Waals surface area contributed by atoms with Crippen molar-refractivity contribution in [3.8, 4) is 5.75 Å². The summed E-state index contributed by atoms with van der Waals surface area (Å²) in [5, 5.41) is 6.26. The highest BCUT2D eigenvalue weighted by Crippen LogP contribution is 2.33. The van der Waals surface area contributed by atoms with Gasteiger partial charge >= 0.3 is 0 Å². The van der Waals surface area contributed by atoms with E-state index in [1.165, 1.54) is 0 Å². The lowest BCUT2D eigenvalue weighted by atomic mass is 9.93. The molecule has 1 amide bonds. The quantitative estimate of drug-likeness (QED) is 0.434. The van der Waals surface area contributed by atoms with Crippen molar-refractivity contribution in [2.45, 2.75) is 50.8 Å². The van der Waals surface area contributed by atoms with Crippen LogP contribution in [0, 0.1) is 0 Å². The smallest absolute Gasteiger partial charge is 0.254 e. The van der Waals surface area contributed by atoms with Gasteiger partial charge in [0, 0.05) is 68.8 Å². The maximum absolute atomic E-state index is 12.3. The molecule has 1 aliphatic carbocycles. The Bertz CT molecular complexity index is 1210. The molecule has 11 nitrogen and oxygen atoms in total. The van der Waals surface area contributed by atoms with Gasteiger partial charge in [0.05, 0.1) is 37.0 Å². The molecule has 3 heterocycles. The number of nitrogens with one attached hydrogen (secondary N) is 2. The molecule has 1 saturated carbocycles. The molecule has 1 atom stereocenters. The van der Waals surface area contributed by atoms with Crippen molar-refractivity contribution in [2.75, 3.05) is 50.2 Å². The van der Waals surface area contributed by atoms with Crippen LogP contribution >= 0.6 is 0 Å². The van der Waals surface area contributed by atoms with Crippen LogP contribution in [0.4, 0.5) is 11.6 Å². The van der Waals surface area contributed by atoms with Gasteiger partial charge in [0.25, 0.3) is 5.91 Å². The summed E-state index contributed by atoms with van der Waals surface area (Å²) in [6, 6.07) is 4.33. The molecule has 2 N–H and O–H groups in total. The number of amides is 1. The van der Waals surface area contributed by atoms with E-state index in [1.807, 2.05) is 6.92 Å². The summed E-state index contributed by atoms with van der Waals surface area (Å²) in [5.74, 6) is 1.09. The van der Waals surface area contributed by atoms with Gasteiger partial charge in [-0.1, -0.05) is 0 Å². The fourth-order valence-corrected chi connectivity index (χ4v) is 4.93. The van der Waals surface area contributed by atoms with E-state index in [-0.39, 0.29) is 24.1 Å². The highest BCUT2D eigenvalue weighted by atomic mass is 16.5. The summed E-state index contributed by atoms with van der Waals surface area (Å²) in [6.07, 6.45) is 10.3. The topological polar surface area (TPSA) is 124 Å². The minimum absolute atomic E-state index is 0.0884. The van der Waals surface area contributed by atoms with Crippen molar-refractivity contribution in [1.29, 1.82) is 0 Å². The normalized spacial score (nSPS) is 20.6. The van der Waals surface area contributed by atoms with Gasteiger partial charge in [-0.3, -0.25) is 9.78 Å². The molecular formula is C27H35N7O4. The van der Waals surface area contributed by atoms with Gasteiger partial charge in [0.1, 0.15) is 11.3 Å². The van der Waals surface area contributed by atoms with Crippen LogP contribution in [0.15, 0.2) is 36.9 Å². The molecule has 1 saturated heterocycles. The largest absolute Gasteiger partial charge is 0.488 e. The fraction of sp³-hybridized carbons (Fsp3) is 0.519. The first-order valence-corrected chi connectivity index (χ1v) is 13.2. The number of carbonyl (C=O) groups excluding carboxylic acids is 1. The second-order valence-corrected chi connectivity index (χ2v) is 9.83. The third-order valence-electron chi connectivity index (χ3n) is 6.91. The molecule has 0 radical (unpaired) electrons. The van der Waals surface area contributed by atoms with Gasteiger partial charge in [0.2, 0.25) is 5.95 Å². The van der Waals surface area contributed by atoms with Crippen molar-refractivity contribution >= 4 is 28.6 Å². The Balaban J connectivity index is 1.17. The standard InChI is InChI=1S/C27H35N7O4/c1-18(17-36-2)32-26(35)19-15-30-27(31-16-19)33-20-3-5-22(6-4-20)38-24-14-21(34-9-11-37-12-10-34)13-23-25(24)29-8-7-28-23/h7-8,13-16,18,20,22H,3-6,9-12,17H2,1-2H3,(H,32,35)(H,30,31,33). The lowest BCUT2D eigenvalue weighted by Gasteiger charge is -2.31. The van der Waals surface area contributed by atoms with E-state index in [0.29, 0.717) is 18.1 Å². The third-order valence-corrected chi connectivity index (χ3v) is 6.91. The number of anilines is 2. The Morgan fingerprint density at radius 3 is 2.55 bits per heavy atom. The summed E-state index contributed by atoms with van der Waals surface area (Å²) >= 11 is 0. The van der Waals surface area contributed by atoms with Crippen molar-refractivity contribution < 1.29 is 19.0 Å². The minimum atomic E-state index is -0.214. The number of rotatable bonds is 9. The number of carbonyl (C=O) groups is 1. The van der Waals surface area contributed by atoms with Crippen LogP contribution in [0.5, 0.6) is 5.75 Å². The number of benzene rings is 1. The summed E-state index contributed by atoms with van der Waals surface area (Å²) in [5.41, 5.74) is 3.14. The van der Waals surface area contributed by atoms with Crippen LogP contribution in [0.25, 0.3) is 11.0 Å². The molecule has 0 spiro atoms. The second-order valence-electron chi connectivity index (χ2n) is 9.83. The van der Waals surface area contributed by atoms with Crippen molar-refractivity contribution in [2.24, 2.45) is 0 Å². The van der Waals surface area contributed by atoms with Crippen LogP contribution in [-0.2, 0) is 9.47 Å². The summed E-state index contributed by atoms with van der Waals surface area (Å²) < 4.78 is 17.1. The Morgan fingerprint density at radius 1 is 1.08 bits per heavy atom. The Kier molecular flexibility index (Phi) is 8.44. The molecule has 5 rings (SSSR count). The lowest BCUT2D eigenvalue weighted by molar-refractivity contribution is 0.0905. The number of aromatic nitrogens is 4. The molecule has 11 heteroatoms. The van der Waals surface area contributed by atoms with Gasteiger partial charge in [-0.25, -0.2) is 15.0 Å². The van der Waals surface area contributed by atoms with E-state index < -0.39 is 0 Å². The zero-order valence-electron chi connectivity index (χ0n) is 21.9. The monoisotopic (exact) mass is 521 g/mol. The first-order valence-electron chi connectivity index (χ1n) is 13.2. The number of hydrogen-bond donors (Lipinski definition) is 2. The number of methoxy groups -OCH3 is 1. The van der Waals surface area contributed by atoms with Crippen LogP contribution in [0.3, 0.4) is 0 Å². The van der Waals surface area contributed by atoms with Crippen LogP contribution in [0.2, 0.25) is 0 Å². The van der Waals surface area contributed by atoms with Crippen molar-refractivity contribution in [3.05, 3.63) is 42.5 Å². The number of hydrogen-bond acceptors (Lipinski definition) is 10. The van der Waals surface area contributed by atoms with Gasteiger partial charge in [-0.15, -0.1) is 0 Å². The average molecular weight is 522 g/mol. The molecule has 3 aromatic rings. The zero-order valence-corrected chi connectivity index (χ0v) is 21.9. The lowest BCUT2D eigenvalue weighted by Crippen LogP contribution is -2.36. The van der Waals surface area contributed by atoms with E-state index in [2.05, 4.69) is 47.6 Å². The number of nitrogens with zero attached hydrogens (tertiary/aromatic N) is 5. The maximum atomic E-state index is 12.3. The first-order chi connectivity index (χ1) is 18.6. The predicted molar refractivity (Wildman–Crippen MR) is 144 cm³/mol. The SMILES string of the molecule is COCC(C)NC(=O)c1cnc(NC2CCC(Oc3cc(N4CCOCC4)cc4nccnc34)CC2)nc1. The van der Waals surface area contributed by atoms with Crippen molar-refractivity contribution in [1.82, 2.24) is 25.3 Å². The molecule has 0 bridgehead atoms. The van der Waals surface area contributed by atoms with Gasteiger partial charge in [-0.05, 0) is 38.7 Å². The molecule has 202 valence electrons. The molecule has 1 unspecified atom stereocenters. The third kappa shape index (κ3) is 6.46. The van der Waals surface area contributed by atoms with Gasteiger partial charge in [0.15, 0.2) is 0 Å². The van der Waals surface area contributed by atoms with Crippen LogP contribution < -0.4 is 20.3 Å². The molecule has 2 aliphatic rings. The van der Waals surface area contributed by atoms with Crippen molar-refractivity contribution in [3.63, 3.8) is 0 Å². The Hall–Kier alpha value is -3.57. The van der Waals surface area contributed by atoms with E-state index >= 15 is 0 Å². The van der Waals surface area contributed by atoms with Gasteiger partial charge < -0.3 is 29.7 Å². The summed E-state index contributed by atoms with van der Waals surface area (Å²) in [6.45, 7) is 5.47. The first kappa shape index (κ1) is 26.1. The zero-order chi connectivity index (χ0) is 26.3. The number of ether oxygens (including phenoxy) is 3. The average Bonchev–Trinajstić information content (AvgIpc) is 2.95. The molecule has 1 aliphatic heterocycles.